The normalized spacial score (nSPS) is 16.8. The molecule has 8 rings (SSSR count). The van der Waals surface area contributed by atoms with Crippen molar-refractivity contribution < 1.29 is 38.1 Å². The topological polar surface area (TPSA) is 220 Å². The highest BCUT2D eigenvalue weighted by Gasteiger charge is 2.44. The van der Waals surface area contributed by atoms with Crippen LogP contribution in [-0.2, 0) is 30.5 Å². The van der Waals surface area contributed by atoms with Crippen molar-refractivity contribution in [3.63, 3.8) is 0 Å². The second kappa shape index (κ2) is 22.5. The number of thiazole rings is 1. The maximum absolute atomic E-state index is 14.8. The molecule has 0 aliphatic carbocycles. The number of likely N-dealkylation sites (tertiary alicyclic amines) is 1. The molecule has 0 bridgehead atoms. The number of aliphatic hydroxyl groups is 1. The lowest BCUT2D eigenvalue weighted by atomic mass is 9.85. The van der Waals surface area contributed by atoms with E-state index < -0.39 is 41.2 Å². The van der Waals surface area contributed by atoms with Crippen LogP contribution in [0.15, 0.2) is 78.4 Å². The van der Waals surface area contributed by atoms with Gasteiger partial charge in [0.25, 0.3) is 0 Å². The van der Waals surface area contributed by atoms with Gasteiger partial charge in [-0.05, 0) is 47.7 Å². The Morgan fingerprint density at radius 3 is 2.39 bits per heavy atom. The Morgan fingerprint density at radius 1 is 0.944 bits per heavy atom. The average molecular weight is 990 g/mol. The molecular formula is C51H60FN11O7S. The van der Waals surface area contributed by atoms with Crippen LogP contribution in [-0.4, -0.2) is 148 Å². The number of amides is 4. The highest BCUT2D eigenvalue weighted by Crippen LogP contribution is 2.34. The Labute approximate surface area is 415 Å². The van der Waals surface area contributed by atoms with Crippen molar-refractivity contribution in [2.45, 2.75) is 65.3 Å². The fraction of sp³-hybridized carbons (Fsp3) is 0.412. The van der Waals surface area contributed by atoms with Gasteiger partial charge in [-0.25, -0.2) is 19.3 Å². The minimum atomic E-state index is -0.958. The third kappa shape index (κ3) is 12.2. The van der Waals surface area contributed by atoms with E-state index in [1.807, 2.05) is 81.7 Å². The Morgan fingerprint density at radius 2 is 1.69 bits per heavy atom. The molecule has 3 aromatic heterocycles. The first-order valence-corrected chi connectivity index (χ1v) is 24.6. The number of nitrogens with one attached hydrogen (secondary N) is 4. The predicted octanol–water partition coefficient (Wildman–Crippen LogP) is 4.72. The van der Waals surface area contributed by atoms with Gasteiger partial charge in [0.2, 0.25) is 23.6 Å². The van der Waals surface area contributed by atoms with Gasteiger partial charge in [0.1, 0.15) is 40.4 Å². The van der Waals surface area contributed by atoms with E-state index in [-0.39, 0.29) is 75.4 Å². The molecule has 4 amide bonds. The summed E-state index contributed by atoms with van der Waals surface area (Å²) in [4.78, 5) is 73.6. The molecule has 3 aromatic carbocycles. The number of methoxy groups -OCH3 is 1. The van der Waals surface area contributed by atoms with Gasteiger partial charge in [0, 0.05) is 69.9 Å². The maximum atomic E-state index is 14.8. The molecule has 2 aliphatic rings. The number of hydrogen-bond acceptors (Lipinski definition) is 14. The minimum Gasteiger partial charge on any atom is -0.496 e. The smallest absolute Gasteiger partial charge is 0.246 e. The first kappa shape index (κ1) is 50.5. The number of aliphatic hydroxyl groups excluding tert-OH is 1. The highest BCUT2D eigenvalue weighted by molar-refractivity contribution is 7.13. The lowest BCUT2D eigenvalue weighted by Crippen LogP contribution is -2.57. The van der Waals surface area contributed by atoms with Crippen molar-refractivity contribution >= 4 is 51.7 Å². The number of piperazine rings is 1. The first-order valence-electron chi connectivity index (χ1n) is 23.7. The van der Waals surface area contributed by atoms with Crippen LogP contribution in [0.4, 0.5) is 10.1 Å². The van der Waals surface area contributed by atoms with E-state index >= 15 is 0 Å². The number of nitrogens with zero attached hydrogens (tertiary/aromatic N) is 7. The van der Waals surface area contributed by atoms with E-state index in [1.54, 1.807) is 29.7 Å². The van der Waals surface area contributed by atoms with Crippen molar-refractivity contribution in [1.29, 1.82) is 0 Å². The van der Waals surface area contributed by atoms with Crippen LogP contribution in [0.25, 0.3) is 44.1 Å². The Bertz CT molecular complexity index is 2830. The summed E-state index contributed by atoms with van der Waals surface area (Å²) < 4.78 is 25.9. The largest absolute Gasteiger partial charge is 0.496 e. The summed E-state index contributed by atoms with van der Waals surface area (Å²) >= 11 is 1.57. The van der Waals surface area contributed by atoms with E-state index in [4.69, 9.17) is 9.47 Å². The Kier molecular flexibility index (Phi) is 16.0. The second-order valence-electron chi connectivity index (χ2n) is 18.8. The number of H-pyrrole nitrogens is 1. The van der Waals surface area contributed by atoms with Crippen LogP contribution < -0.4 is 25.6 Å². The van der Waals surface area contributed by atoms with Gasteiger partial charge in [-0.15, -0.1) is 11.3 Å². The number of rotatable bonds is 18. The van der Waals surface area contributed by atoms with Gasteiger partial charge in [0.05, 0.1) is 60.8 Å². The lowest BCUT2D eigenvalue weighted by Gasteiger charge is -2.35. The van der Waals surface area contributed by atoms with Crippen LogP contribution in [0.5, 0.6) is 5.75 Å². The van der Waals surface area contributed by atoms with Gasteiger partial charge in [0.15, 0.2) is 5.82 Å². The molecule has 2 fully saturated rings. The SMILES string of the molecule is COc1cccc(F)c1-c1ncc2[nH]nc(-c3ccc(N4CCN(CC(=O)NCCOCCC(=O)N[C@H](C(=O)N5C[C@H](O)C[C@H]5C(=O)NCc5ccc(-c6scnc6C)cc5)C(C)(C)C)CC4)cc3)c2n1. The molecule has 0 radical (unpaired) electrons. The van der Waals surface area contributed by atoms with Crippen molar-refractivity contribution in [3.05, 3.63) is 95.5 Å². The van der Waals surface area contributed by atoms with E-state index in [0.29, 0.717) is 35.6 Å². The highest BCUT2D eigenvalue weighted by atomic mass is 32.1. The molecule has 2 aliphatic heterocycles. The fourth-order valence-corrected chi connectivity index (χ4v) is 9.63. The van der Waals surface area contributed by atoms with E-state index in [9.17, 15) is 28.7 Å². The van der Waals surface area contributed by atoms with Gasteiger partial charge in [-0.3, -0.25) is 29.2 Å². The molecule has 71 heavy (non-hydrogen) atoms. The maximum Gasteiger partial charge on any atom is 0.246 e. The molecular weight excluding hydrogens is 930 g/mol. The first-order chi connectivity index (χ1) is 34.2. The molecule has 20 heteroatoms. The third-order valence-corrected chi connectivity index (χ3v) is 13.7. The second-order valence-corrected chi connectivity index (χ2v) is 19.7. The molecule has 0 unspecified atom stereocenters. The van der Waals surface area contributed by atoms with Crippen LogP contribution >= 0.6 is 11.3 Å². The number of β-amino-alcohol motifs (C(OH)–C–C–N with tert-alkyl or cyclic N) is 1. The average Bonchev–Trinajstić information content (AvgIpc) is 4.11. The molecule has 3 atom stereocenters. The number of anilines is 1. The summed E-state index contributed by atoms with van der Waals surface area (Å²) in [5.41, 5.74) is 7.85. The van der Waals surface area contributed by atoms with E-state index in [0.717, 1.165) is 46.0 Å². The summed E-state index contributed by atoms with van der Waals surface area (Å²) in [6.45, 7) is 11.3. The van der Waals surface area contributed by atoms with Crippen LogP contribution in [0.2, 0.25) is 0 Å². The van der Waals surface area contributed by atoms with Crippen molar-refractivity contribution in [1.82, 2.24) is 50.9 Å². The Balaban J connectivity index is 0.733. The minimum absolute atomic E-state index is 0.0164. The molecule has 374 valence electrons. The molecule has 0 saturated carbocycles. The number of benzene rings is 3. The number of carbonyl (C=O) groups is 4. The fourth-order valence-electron chi connectivity index (χ4n) is 8.82. The lowest BCUT2D eigenvalue weighted by molar-refractivity contribution is -0.144. The summed E-state index contributed by atoms with van der Waals surface area (Å²) in [5, 5.41) is 26.7. The Hall–Kier alpha value is -6.87. The third-order valence-electron chi connectivity index (χ3n) is 12.7. The van der Waals surface area contributed by atoms with Crippen LogP contribution in [0.3, 0.4) is 0 Å². The summed E-state index contributed by atoms with van der Waals surface area (Å²) in [7, 11) is 1.47. The van der Waals surface area contributed by atoms with E-state index in [2.05, 4.69) is 50.9 Å². The zero-order chi connectivity index (χ0) is 50.2. The van der Waals surface area contributed by atoms with Gasteiger partial charge in [-0.2, -0.15) is 5.10 Å². The quantitative estimate of drug-likeness (QED) is 0.0738. The molecule has 0 spiro atoms. The number of aryl methyl sites for hydroxylation is 1. The number of ether oxygens (including phenoxy) is 2. The number of carbonyl (C=O) groups excluding carboxylic acids is 4. The number of fused-ring (bicyclic) bond motifs is 1. The van der Waals surface area contributed by atoms with Crippen molar-refractivity contribution in [3.8, 4) is 38.8 Å². The van der Waals surface area contributed by atoms with Crippen molar-refractivity contribution in [2.75, 3.05) is 71.0 Å². The number of aromatic amines is 1. The number of hydrogen-bond donors (Lipinski definition) is 5. The van der Waals surface area contributed by atoms with Crippen LogP contribution in [0, 0.1) is 18.2 Å². The zero-order valence-corrected chi connectivity index (χ0v) is 41.4. The zero-order valence-electron chi connectivity index (χ0n) is 40.5. The monoisotopic (exact) mass is 989 g/mol. The summed E-state index contributed by atoms with van der Waals surface area (Å²) in [5.74, 6) is -1.29. The number of aromatic nitrogens is 5. The van der Waals surface area contributed by atoms with Gasteiger partial charge >= 0.3 is 0 Å². The molecule has 5 N–H and O–H groups in total. The van der Waals surface area contributed by atoms with Crippen LogP contribution in [0.1, 0.15) is 44.9 Å². The van der Waals surface area contributed by atoms with E-state index in [1.165, 1.54) is 18.1 Å². The summed E-state index contributed by atoms with van der Waals surface area (Å²) in [6.07, 6.45) is 0.777. The van der Waals surface area contributed by atoms with Gasteiger partial charge in [-0.1, -0.05) is 63.2 Å². The predicted molar refractivity (Wildman–Crippen MR) is 268 cm³/mol. The molecule has 18 nitrogen and oxygen atoms in total. The molecule has 6 aromatic rings. The standard InChI is InChI=1S/C51H60FN11O7S/c1-31-46(71-30-56-31)34-11-9-32(10-12-34)26-55-49(67)39-25-36(64)28-63(39)50(68)47(51(2,3)4)57-41(65)17-23-70-24-18-53-42(66)29-61-19-21-62(22-20-61)35-15-13-33(14-16-35)44-45-38(59-60-44)27-54-48(58-45)43-37(52)7-6-8-40(43)69-5/h6-16,27,30,36,39,47,64H,17-26,28-29H2,1-5H3,(H,53,66)(H,55,67)(H,57,65)(H,59,60)/t36-,39+,47-/m1/s1. The molecule has 2 saturated heterocycles. The van der Waals surface area contributed by atoms with Crippen molar-refractivity contribution in [2.24, 2.45) is 5.41 Å². The molecule has 5 heterocycles. The number of halogens is 1. The van der Waals surface area contributed by atoms with Gasteiger partial charge < -0.3 is 40.3 Å². The summed E-state index contributed by atoms with van der Waals surface area (Å²) in [6, 6.07) is 18.6.